The molecule has 3 N–H and O–H groups in total. The van der Waals surface area contributed by atoms with Crippen LogP contribution < -0.4 is 5.73 Å². The van der Waals surface area contributed by atoms with E-state index in [9.17, 15) is 9.59 Å². The second-order valence-corrected chi connectivity index (χ2v) is 3.79. The number of hydrogen-bond acceptors (Lipinski definition) is 2. The van der Waals surface area contributed by atoms with Gasteiger partial charge in [0, 0.05) is 5.56 Å². The molecule has 1 amide bonds. The van der Waals surface area contributed by atoms with Crippen molar-refractivity contribution >= 4 is 11.9 Å². The van der Waals surface area contributed by atoms with Crippen molar-refractivity contribution in [1.82, 2.24) is 0 Å². The summed E-state index contributed by atoms with van der Waals surface area (Å²) in [6.45, 7) is 0. The minimum Gasteiger partial charge on any atom is -0.478 e. The van der Waals surface area contributed by atoms with Crippen molar-refractivity contribution in [3.05, 3.63) is 59.7 Å². The summed E-state index contributed by atoms with van der Waals surface area (Å²) in [6.07, 6.45) is 0. The smallest absolute Gasteiger partial charge is 0.335 e. The van der Waals surface area contributed by atoms with Crippen molar-refractivity contribution in [1.29, 1.82) is 0 Å². The first-order chi connectivity index (χ1) is 8.59. The van der Waals surface area contributed by atoms with Crippen LogP contribution in [0.5, 0.6) is 0 Å². The van der Waals surface area contributed by atoms with Crippen molar-refractivity contribution in [2.75, 3.05) is 0 Å². The third-order valence-electron chi connectivity index (χ3n) is 2.64. The Kier molecular flexibility index (Phi) is 3.10. The average Bonchev–Trinajstić information content (AvgIpc) is 2.39. The number of nitrogens with two attached hydrogens (primary N) is 1. The van der Waals surface area contributed by atoms with Crippen molar-refractivity contribution in [2.45, 2.75) is 0 Å². The fraction of sp³-hybridized carbons (Fsp3) is 0. The molecule has 0 fully saturated rings. The van der Waals surface area contributed by atoms with Gasteiger partial charge in [0.1, 0.15) is 0 Å². The second-order valence-electron chi connectivity index (χ2n) is 3.79. The van der Waals surface area contributed by atoms with E-state index in [1.807, 2.05) is 0 Å². The first-order valence-electron chi connectivity index (χ1n) is 5.32. The Labute approximate surface area is 104 Å². The molecular formula is C14H11NO3. The van der Waals surface area contributed by atoms with Crippen molar-refractivity contribution < 1.29 is 14.7 Å². The number of amides is 1. The van der Waals surface area contributed by atoms with Crippen LogP contribution in [0.15, 0.2) is 48.5 Å². The highest BCUT2D eigenvalue weighted by Gasteiger charge is 2.09. The number of carboxylic acid groups (broad SMARTS) is 1. The average molecular weight is 241 g/mol. The summed E-state index contributed by atoms with van der Waals surface area (Å²) >= 11 is 0. The predicted molar refractivity (Wildman–Crippen MR) is 67.4 cm³/mol. The topological polar surface area (TPSA) is 80.4 Å². The van der Waals surface area contributed by atoms with Gasteiger partial charge < -0.3 is 10.8 Å². The summed E-state index contributed by atoms with van der Waals surface area (Å²) in [5.74, 6) is -1.49. The maximum absolute atomic E-state index is 11.3. The fourth-order valence-electron chi connectivity index (χ4n) is 1.74. The minimum absolute atomic E-state index is 0.204. The van der Waals surface area contributed by atoms with Crippen LogP contribution in [0.25, 0.3) is 11.1 Å². The van der Waals surface area contributed by atoms with E-state index in [0.717, 1.165) is 5.56 Å². The third kappa shape index (κ3) is 2.22. The molecule has 4 nitrogen and oxygen atoms in total. The van der Waals surface area contributed by atoms with Crippen LogP contribution in [0.2, 0.25) is 0 Å². The molecule has 0 radical (unpaired) electrons. The zero-order valence-corrected chi connectivity index (χ0v) is 9.46. The van der Waals surface area contributed by atoms with E-state index in [2.05, 4.69) is 0 Å². The molecule has 2 aromatic rings. The molecule has 0 saturated heterocycles. The van der Waals surface area contributed by atoms with Gasteiger partial charge in [-0.3, -0.25) is 4.79 Å². The van der Waals surface area contributed by atoms with E-state index < -0.39 is 11.9 Å². The number of carboxylic acids is 1. The molecule has 90 valence electrons. The first kappa shape index (κ1) is 11.9. The van der Waals surface area contributed by atoms with Gasteiger partial charge in [-0.2, -0.15) is 0 Å². The summed E-state index contributed by atoms with van der Waals surface area (Å²) in [4.78, 5) is 22.0. The Balaban J connectivity index is 2.49. The normalized spacial score (nSPS) is 10.0. The van der Waals surface area contributed by atoms with Crippen LogP contribution in [0.3, 0.4) is 0 Å². The van der Waals surface area contributed by atoms with Crippen LogP contribution in [0.1, 0.15) is 20.7 Å². The van der Waals surface area contributed by atoms with Gasteiger partial charge in [-0.1, -0.05) is 30.3 Å². The van der Waals surface area contributed by atoms with Crippen LogP contribution in [0, 0.1) is 0 Å². The van der Waals surface area contributed by atoms with E-state index in [1.54, 1.807) is 36.4 Å². The van der Waals surface area contributed by atoms with Crippen molar-refractivity contribution in [3.8, 4) is 11.1 Å². The lowest BCUT2D eigenvalue weighted by Crippen LogP contribution is -2.12. The van der Waals surface area contributed by atoms with Gasteiger partial charge in [0.15, 0.2) is 0 Å². The zero-order valence-electron chi connectivity index (χ0n) is 9.46. The molecule has 0 spiro atoms. The fourth-order valence-corrected chi connectivity index (χ4v) is 1.74. The van der Waals surface area contributed by atoms with Gasteiger partial charge in [0.25, 0.3) is 0 Å². The molecule has 18 heavy (non-hydrogen) atoms. The predicted octanol–water partition coefficient (Wildman–Crippen LogP) is 2.15. The van der Waals surface area contributed by atoms with E-state index in [4.69, 9.17) is 10.8 Å². The Hall–Kier alpha value is -2.62. The number of primary amides is 1. The van der Waals surface area contributed by atoms with Crippen molar-refractivity contribution in [2.24, 2.45) is 5.73 Å². The highest BCUT2D eigenvalue weighted by Crippen LogP contribution is 2.23. The molecule has 4 heteroatoms. The maximum Gasteiger partial charge on any atom is 0.335 e. The zero-order chi connectivity index (χ0) is 13.1. The van der Waals surface area contributed by atoms with Gasteiger partial charge in [-0.15, -0.1) is 0 Å². The maximum atomic E-state index is 11.3. The molecule has 0 atom stereocenters. The molecule has 0 aliphatic carbocycles. The highest BCUT2D eigenvalue weighted by molar-refractivity contribution is 6.00. The van der Waals surface area contributed by atoms with Gasteiger partial charge in [-0.25, -0.2) is 4.79 Å². The second kappa shape index (κ2) is 4.71. The van der Waals surface area contributed by atoms with Crippen LogP contribution in [-0.4, -0.2) is 17.0 Å². The number of rotatable bonds is 3. The summed E-state index contributed by atoms with van der Waals surface area (Å²) in [7, 11) is 0. The molecular weight excluding hydrogens is 230 g/mol. The molecule has 0 saturated carbocycles. The number of benzene rings is 2. The van der Waals surface area contributed by atoms with Crippen LogP contribution >= 0.6 is 0 Å². The van der Waals surface area contributed by atoms with Gasteiger partial charge in [0.2, 0.25) is 5.91 Å². The van der Waals surface area contributed by atoms with Crippen LogP contribution in [-0.2, 0) is 0 Å². The molecule has 0 aromatic heterocycles. The largest absolute Gasteiger partial charge is 0.478 e. The van der Waals surface area contributed by atoms with Gasteiger partial charge in [0.05, 0.1) is 5.56 Å². The number of carbonyl (C=O) groups excluding carboxylic acids is 1. The lowest BCUT2D eigenvalue weighted by atomic mass is 9.98. The number of carbonyl (C=O) groups is 2. The third-order valence-corrected chi connectivity index (χ3v) is 2.64. The highest BCUT2D eigenvalue weighted by atomic mass is 16.4. The molecule has 2 rings (SSSR count). The summed E-state index contributed by atoms with van der Waals surface area (Å²) < 4.78 is 0. The number of hydrogen-bond donors (Lipinski definition) is 2. The first-order valence-corrected chi connectivity index (χ1v) is 5.32. The lowest BCUT2D eigenvalue weighted by molar-refractivity contribution is 0.0696. The van der Waals surface area contributed by atoms with Gasteiger partial charge in [-0.05, 0) is 29.3 Å². The lowest BCUT2D eigenvalue weighted by Gasteiger charge is -2.06. The Morgan fingerprint density at radius 2 is 1.56 bits per heavy atom. The monoisotopic (exact) mass is 241 g/mol. The SMILES string of the molecule is NC(=O)c1ccccc1-c1ccc(C(=O)O)cc1. The van der Waals surface area contributed by atoms with Gasteiger partial charge >= 0.3 is 5.97 Å². The summed E-state index contributed by atoms with van der Waals surface area (Å²) in [6, 6.07) is 13.3. The standard InChI is InChI=1S/C14H11NO3/c15-13(16)12-4-2-1-3-11(12)9-5-7-10(8-6-9)14(17)18/h1-8H,(H2,15,16)(H,17,18). The Morgan fingerprint density at radius 1 is 0.944 bits per heavy atom. The molecule has 0 unspecified atom stereocenters. The van der Waals surface area contributed by atoms with E-state index in [0.29, 0.717) is 11.1 Å². The quantitative estimate of drug-likeness (QED) is 0.863. The Morgan fingerprint density at radius 3 is 2.11 bits per heavy atom. The Bertz CT molecular complexity index is 603. The molecule has 0 bridgehead atoms. The van der Waals surface area contributed by atoms with E-state index >= 15 is 0 Å². The molecule has 0 heterocycles. The molecule has 0 aliphatic rings. The molecule has 2 aromatic carbocycles. The van der Waals surface area contributed by atoms with Crippen LogP contribution in [0.4, 0.5) is 0 Å². The van der Waals surface area contributed by atoms with E-state index in [1.165, 1.54) is 12.1 Å². The molecule has 0 aliphatic heterocycles. The summed E-state index contributed by atoms with van der Waals surface area (Å²) in [5, 5.41) is 8.81. The minimum atomic E-state index is -0.982. The number of aromatic carboxylic acids is 1. The van der Waals surface area contributed by atoms with Crippen molar-refractivity contribution in [3.63, 3.8) is 0 Å². The summed E-state index contributed by atoms with van der Waals surface area (Å²) in [5.41, 5.74) is 7.37. The van der Waals surface area contributed by atoms with E-state index in [-0.39, 0.29) is 5.56 Å².